The van der Waals surface area contributed by atoms with E-state index in [-0.39, 0.29) is 17.2 Å². The molecule has 3 nitrogen and oxygen atoms in total. The van der Waals surface area contributed by atoms with E-state index in [1.165, 1.54) is 12.1 Å². The van der Waals surface area contributed by atoms with Crippen LogP contribution in [0.4, 0.5) is 0 Å². The first-order valence-corrected chi connectivity index (χ1v) is 4.08. The largest absolute Gasteiger partial charge is 0.507 e. The van der Waals surface area contributed by atoms with Crippen LogP contribution in [0.25, 0.3) is 0 Å². The highest BCUT2D eigenvalue weighted by Gasteiger charge is 2.10. The Morgan fingerprint density at radius 1 is 1.38 bits per heavy atom. The molecule has 0 bridgehead atoms. The molecule has 3 heteroatoms. The van der Waals surface area contributed by atoms with Crippen LogP contribution < -0.4 is 0 Å². The lowest BCUT2D eigenvalue weighted by atomic mass is 10.0. The smallest absolute Gasteiger partial charge is 0.339 e. The molecular weight excluding hydrogens is 168 g/mol. The van der Waals surface area contributed by atoms with Gasteiger partial charge in [-0.2, -0.15) is 0 Å². The van der Waals surface area contributed by atoms with E-state index in [1.807, 2.05) is 13.8 Å². The van der Waals surface area contributed by atoms with Gasteiger partial charge in [-0.25, -0.2) is 4.79 Å². The molecule has 13 heavy (non-hydrogen) atoms. The summed E-state index contributed by atoms with van der Waals surface area (Å²) in [7, 11) is 0. The van der Waals surface area contributed by atoms with Gasteiger partial charge in [0.1, 0.15) is 11.3 Å². The summed E-state index contributed by atoms with van der Waals surface area (Å²) in [5.41, 5.74) is 0.881. The highest BCUT2D eigenvalue weighted by Crippen LogP contribution is 2.23. The van der Waals surface area contributed by atoms with Crippen LogP contribution in [-0.4, -0.2) is 16.2 Å². The van der Waals surface area contributed by atoms with Gasteiger partial charge in [-0.05, 0) is 23.6 Å². The van der Waals surface area contributed by atoms with Gasteiger partial charge in [0.25, 0.3) is 0 Å². The molecule has 0 heterocycles. The molecule has 70 valence electrons. The van der Waals surface area contributed by atoms with Gasteiger partial charge in [0, 0.05) is 0 Å². The molecular formula is C10H12O3. The van der Waals surface area contributed by atoms with Crippen LogP contribution in [0.5, 0.6) is 5.75 Å². The maximum absolute atomic E-state index is 10.5. The molecule has 1 aromatic rings. The molecule has 0 fully saturated rings. The highest BCUT2D eigenvalue weighted by atomic mass is 16.4. The van der Waals surface area contributed by atoms with Gasteiger partial charge in [0.2, 0.25) is 0 Å². The van der Waals surface area contributed by atoms with Crippen molar-refractivity contribution in [2.45, 2.75) is 19.8 Å². The summed E-state index contributed by atoms with van der Waals surface area (Å²) in [6.07, 6.45) is 0. The predicted molar refractivity (Wildman–Crippen MR) is 49.2 cm³/mol. The fraction of sp³-hybridized carbons (Fsp3) is 0.300. The minimum atomic E-state index is -1.10. The van der Waals surface area contributed by atoms with Crippen LogP contribution in [0.1, 0.15) is 35.7 Å². The number of phenols is 1. The van der Waals surface area contributed by atoms with Crippen LogP contribution in [0.3, 0.4) is 0 Å². The molecule has 0 aliphatic rings. The van der Waals surface area contributed by atoms with E-state index >= 15 is 0 Å². The number of hydrogen-bond acceptors (Lipinski definition) is 2. The van der Waals surface area contributed by atoms with Gasteiger partial charge >= 0.3 is 5.97 Å². The van der Waals surface area contributed by atoms with E-state index in [0.29, 0.717) is 0 Å². The maximum atomic E-state index is 10.5. The zero-order valence-electron chi connectivity index (χ0n) is 7.61. The number of carboxylic acid groups (broad SMARTS) is 1. The van der Waals surface area contributed by atoms with Crippen LogP contribution in [0, 0.1) is 0 Å². The number of aromatic carboxylic acids is 1. The molecule has 0 radical (unpaired) electrons. The molecule has 1 rings (SSSR count). The zero-order chi connectivity index (χ0) is 10.0. The normalized spacial score (nSPS) is 10.4. The summed E-state index contributed by atoms with van der Waals surface area (Å²) in [5, 5.41) is 18.0. The third kappa shape index (κ3) is 1.99. The van der Waals surface area contributed by atoms with E-state index in [4.69, 9.17) is 5.11 Å². The van der Waals surface area contributed by atoms with Gasteiger partial charge in [-0.15, -0.1) is 0 Å². The second kappa shape index (κ2) is 3.47. The Bertz CT molecular complexity index is 329. The number of aromatic hydroxyl groups is 1. The maximum Gasteiger partial charge on any atom is 0.339 e. The first kappa shape index (κ1) is 9.58. The minimum absolute atomic E-state index is 0.0515. The van der Waals surface area contributed by atoms with E-state index in [1.54, 1.807) is 6.07 Å². The molecule has 1 aromatic carbocycles. The second-order valence-corrected chi connectivity index (χ2v) is 3.24. The van der Waals surface area contributed by atoms with Crippen molar-refractivity contribution in [1.82, 2.24) is 0 Å². The lowest BCUT2D eigenvalue weighted by molar-refractivity contribution is 0.0693. The Morgan fingerprint density at radius 3 is 2.38 bits per heavy atom. The topological polar surface area (TPSA) is 57.5 Å². The number of carbonyl (C=O) groups is 1. The average Bonchev–Trinajstić information content (AvgIpc) is 2.03. The van der Waals surface area contributed by atoms with Crippen molar-refractivity contribution in [1.29, 1.82) is 0 Å². The van der Waals surface area contributed by atoms with Crippen LogP contribution >= 0.6 is 0 Å². The molecule has 0 saturated heterocycles. The van der Waals surface area contributed by atoms with Gasteiger partial charge in [-0.3, -0.25) is 0 Å². The van der Waals surface area contributed by atoms with Crippen molar-refractivity contribution >= 4 is 5.97 Å². The minimum Gasteiger partial charge on any atom is -0.507 e. The number of hydrogen-bond donors (Lipinski definition) is 2. The second-order valence-electron chi connectivity index (χ2n) is 3.24. The van der Waals surface area contributed by atoms with Crippen molar-refractivity contribution in [3.05, 3.63) is 29.3 Å². The Morgan fingerprint density at radius 2 is 2.00 bits per heavy atom. The van der Waals surface area contributed by atoms with Crippen LogP contribution in [0.2, 0.25) is 0 Å². The molecule has 0 aliphatic heterocycles. The van der Waals surface area contributed by atoms with Gasteiger partial charge < -0.3 is 10.2 Å². The summed E-state index contributed by atoms with van der Waals surface area (Å²) in [6, 6.07) is 4.63. The van der Waals surface area contributed by atoms with Crippen LogP contribution in [-0.2, 0) is 0 Å². The van der Waals surface area contributed by atoms with Crippen molar-refractivity contribution in [3.63, 3.8) is 0 Å². The third-order valence-electron chi connectivity index (χ3n) is 1.92. The zero-order valence-corrected chi connectivity index (χ0v) is 7.61. The Hall–Kier alpha value is -1.51. The SMILES string of the molecule is CC(C)c1ccc(C(=O)O)c(O)c1. The standard InChI is InChI=1S/C10H12O3/c1-6(2)7-3-4-8(10(12)13)9(11)5-7/h3-6,11H,1-2H3,(H,12,13). The van der Waals surface area contributed by atoms with E-state index in [9.17, 15) is 9.90 Å². The molecule has 0 atom stereocenters. The van der Waals surface area contributed by atoms with Crippen molar-refractivity contribution in [2.24, 2.45) is 0 Å². The van der Waals surface area contributed by atoms with Crippen molar-refractivity contribution < 1.29 is 15.0 Å². The number of rotatable bonds is 2. The van der Waals surface area contributed by atoms with Crippen molar-refractivity contribution in [2.75, 3.05) is 0 Å². The first-order valence-electron chi connectivity index (χ1n) is 4.08. The molecule has 0 amide bonds. The highest BCUT2D eigenvalue weighted by molar-refractivity contribution is 5.90. The van der Waals surface area contributed by atoms with Crippen LogP contribution in [0.15, 0.2) is 18.2 Å². The van der Waals surface area contributed by atoms with E-state index in [2.05, 4.69) is 0 Å². The lowest BCUT2D eigenvalue weighted by Crippen LogP contribution is -1.97. The van der Waals surface area contributed by atoms with Gasteiger partial charge in [0.15, 0.2) is 0 Å². The Balaban J connectivity index is 3.13. The molecule has 0 aliphatic carbocycles. The van der Waals surface area contributed by atoms with Crippen molar-refractivity contribution in [3.8, 4) is 5.75 Å². The van der Waals surface area contributed by atoms with E-state index < -0.39 is 5.97 Å². The monoisotopic (exact) mass is 180 g/mol. The predicted octanol–water partition coefficient (Wildman–Crippen LogP) is 2.21. The summed E-state index contributed by atoms with van der Waals surface area (Å²) < 4.78 is 0. The third-order valence-corrected chi connectivity index (χ3v) is 1.92. The summed E-state index contributed by atoms with van der Waals surface area (Å²) in [4.78, 5) is 10.5. The van der Waals surface area contributed by atoms with E-state index in [0.717, 1.165) is 5.56 Å². The molecule has 0 aromatic heterocycles. The Labute approximate surface area is 76.6 Å². The average molecular weight is 180 g/mol. The summed E-state index contributed by atoms with van der Waals surface area (Å²) >= 11 is 0. The first-order chi connectivity index (χ1) is 6.02. The fourth-order valence-electron chi connectivity index (χ4n) is 1.09. The molecule has 2 N–H and O–H groups in total. The summed E-state index contributed by atoms with van der Waals surface area (Å²) in [5.74, 6) is -0.986. The molecule has 0 spiro atoms. The number of carboxylic acids is 1. The Kier molecular flexibility index (Phi) is 2.56. The number of benzene rings is 1. The van der Waals surface area contributed by atoms with Gasteiger partial charge in [-0.1, -0.05) is 19.9 Å². The molecule has 0 saturated carbocycles. The fourth-order valence-corrected chi connectivity index (χ4v) is 1.09. The van der Waals surface area contributed by atoms with Gasteiger partial charge in [0.05, 0.1) is 0 Å². The molecule has 0 unspecified atom stereocenters. The summed E-state index contributed by atoms with van der Waals surface area (Å²) in [6.45, 7) is 3.96. The quantitative estimate of drug-likeness (QED) is 0.733. The lowest BCUT2D eigenvalue weighted by Gasteiger charge is -2.06.